The average Bonchev–Trinajstić information content (AvgIpc) is 2.42. The number of hydrogen-bond acceptors (Lipinski definition) is 5. The predicted octanol–water partition coefficient (Wildman–Crippen LogP) is 0.952. The molecule has 1 atom stereocenters. The number of rotatable bonds is 7. The van der Waals surface area contributed by atoms with Crippen molar-refractivity contribution in [3.63, 3.8) is 0 Å². The van der Waals surface area contributed by atoms with E-state index < -0.39 is 26.3 Å². The summed E-state index contributed by atoms with van der Waals surface area (Å²) in [6.07, 6.45) is -0.552. The number of aliphatic hydroxyl groups is 1. The highest BCUT2D eigenvalue weighted by Gasteiger charge is 2.46. The Bertz CT molecular complexity index is 544. The first-order chi connectivity index (χ1) is 9.70. The Morgan fingerprint density at radius 1 is 1.19 bits per heavy atom. The second-order valence-corrected chi connectivity index (χ2v) is 6.30. The SMILES string of the molecule is NCCNCCC(O)c1ccc(S(=O)(=O)C(F)(F)F)cc1. The summed E-state index contributed by atoms with van der Waals surface area (Å²) in [6, 6.07) is 4.03. The number of sulfone groups is 1. The number of nitrogens with two attached hydrogens (primary N) is 1. The molecule has 0 amide bonds. The fourth-order valence-corrected chi connectivity index (χ4v) is 2.40. The van der Waals surface area contributed by atoms with Crippen LogP contribution in [0.5, 0.6) is 0 Å². The smallest absolute Gasteiger partial charge is 0.388 e. The summed E-state index contributed by atoms with van der Waals surface area (Å²) in [5.74, 6) is 0. The maximum Gasteiger partial charge on any atom is 0.501 e. The van der Waals surface area contributed by atoms with Crippen LogP contribution >= 0.6 is 0 Å². The highest BCUT2D eigenvalue weighted by atomic mass is 32.2. The van der Waals surface area contributed by atoms with Gasteiger partial charge in [-0.2, -0.15) is 13.2 Å². The molecule has 0 aliphatic heterocycles. The minimum atomic E-state index is -5.35. The lowest BCUT2D eigenvalue weighted by atomic mass is 10.1. The van der Waals surface area contributed by atoms with Gasteiger partial charge in [-0.05, 0) is 30.7 Å². The Morgan fingerprint density at radius 3 is 2.24 bits per heavy atom. The molecule has 4 N–H and O–H groups in total. The van der Waals surface area contributed by atoms with Crippen molar-refractivity contribution in [1.82, 2.24) is 5.32 Å². The summed E-state index contributed by atoms with van der Waals surface area (Å²) in [4.78, 5) is -0.841. The first-order valence-corrected chi connectivity index (χ1v) is 7.68. The van der Waals surface area contributed by atoms with Gasteiger partial charge in [0.1, 0.15) is 0 Å². The first-order valence-electron chi connectivity index (χ1n) is 6.20. The molecule has 1 aromatic carbocycles. The summed E-state index contributed by atoms with van der Waals surface area (Å²) in [5, 5.41) is 12.8. The quantitative estimate of drug-likeness (QED) is 0.649. The van der Waals surface area contributed by atoms with Crippen LogP contribution in [0.2, 0.25) is 0 Å². The predicted molar refractivity (Wildman–Crippen MR) is 71.2 cm³/mol. The lowest BCUT2D eigenvalue weighted by Gasteiger charge is -2.13. The van der Waals surface area contributed by atoms with E-state index >= 15 is 0 Å². The molecule has 1 aromatic rings. The van der Waals surface area contributed by atoms with Crippen molar-refractivity contribution in [1.29, 1.82) is 0 Å². The molecule has 1 unspecified atom stereocenters. The van der Waals surface area contributed by atoms with E-state index in [4.69, 9.17) is 5.73 Å². The highest BCUT2D eigenvalue weighted by molar-refractivity contribution is 7.92. The molecule has 9 heteroatoms. The summed E-state index contributed by atoms with van der Waals surface area (Å²) in [5.41, 5.74) is 0.294. The van der Waals surface area contributed by atoms with Gasteiger partial charge in [-0.1, -0.05) is 12.1 Å². The van der Waals surface area contributed by atoms with Crippen molar-refractivity contribution >= 4 is 9.84 Å². The van der Waals surface area contributed by atoms with Gasteiger partial charge in [-0.15, -0.1) is 0 Å². The van der Waals surface area contributed by atoms with Gasteiger partial charge in [-0.3, -0.25) is 0 Å². The topological polar surface area (TPSA) is 92.4 Å². The zero-order valence-electron chi connectivity index (χ0n) is 11.1. The fourth-order valence-electron chi connectivity index (χ4n) is 1.64. The first kappa shape index (κ1) is 17.9. The van der Waals surface area contributed by atoms with Crippen molar-refractivity contribution in [2.75, 3.05) is 19.6 Å². The highest BCUT2D eigenvalue weighted by Crippen LogP contribution is 2.30. The van der Waals surface area contributed by atoms with E-state index in [-0.39, 0.29) is 0 Å². The van der Waals surface area contributed by atoms with Gasteiger partial charge >= 0.3 is 5.51 Å². The van der Waals surface area contributed by atoms with E-state index in [0.29, 0.717) is 31.6 Å². The van der Waals surface area contributed by atoms with Crippen LogP contribution in [-0.4, -0.2) is 38.7 Å². The standard InChI is InChI=1S/C12H17F3N2O3S/c13-12(14,15)21(19,20)10-3-1-9(2-4-10)11(18)5-7-17-8-6-16/h1-4,11,17-18H,5-8,16H2. The van der Waals surface area contributed by atoms with Gasteiger partial charge in [0, 0.05) is 13.1 Å². The Kier molecular flexibility index (Phi) is 6.14. The molecule has 0 fully saturated rings. The summed E-state index contributed by atoms with van der Waals surface area (Å²) >= 11 is 0. The molecule has 0 saturated heterocycles. The monoisotopic (exact) mass is 326 g/mol. The minimum absolute atomic E-state index is 0.339. The average molecular weight is 326 g/mol. The minimum Gasteiger partial charge on any atom is -0.388 e. The van der Waals surface area contributed by atoms with E-state index in [1.165, 1.54) is 12.1 Å². The summed E-state index contributed by atoms with van der Waals surface area (Å²) in [6.45, 7) is 1.54. The van der Waals surface area contributed by atoms with E-state index in [0.717, 1.165) is 12.1 Å². The van der Waals surface area contributed by atoms with Crippen LogP contribution in [0.15, 0.2) is 29.2 Å². The van der Waals surface area contributed by atoms with Crippen molar-refractivity contribution in [3.8, 4) is 0 Å². The van der Waals surface area contributed by atoms with Crippen LogP contribution < -0.4 is 11.1 Å². The van der Waals surface area contributed by atoms with Crippen molar-refractivity contribution in [2.45, 2.75) is 22.9 Å². The number of benzene rings is 1. The third-order valence-corrected chi connectivity index (χ3v) is 4.30. The maximum absolute atomic E-state index is 12.4. The lowest BCUT2D eigenvalue weighted by Crippen LogP contribution is -2.24. The largest absolute Gasteiger partial charge is 0.501 e. The molecule has 0 aromatic heterocycles. The van der Waals surface area contributed by atoms with E-state index in [2.05, 4.69) is 5.32 Å². The molecule has 0 aliphatic rings. The molecule has 5 nitrogen and oxygen atoms in total. The Hall–Kier alpha value is -1.16. The molecular weight excluding hydrogens is 309 g/mol. The van der Waals surface area contributed by atoms with Crippen molar-refractivity contribution in [2.24, 2.45) is 5.73 Å². The molecular formula is C12H17F3N2O3S. The van der Waals surface area contributed by atoms with Gasteiger partial charge < -0.3 is 16.2 Å². The van der Waals surface area contributed by atoms with E-state index in [9.17, 15) is 26.7 Å². The van der Waals surface area contributed by atoms with E-state index in [1.807, 2.05) is 0 Å². The van der Waals surface area contributed by atoms with Crippen LogP contribution in [-0.2, 0) is 9.84 Å². The molecule has 1 rings (SSSR count). The third kappa shape index (κ3) is 4.67. The van der Waals surface area contributed by atoms with Crippen molar-refractivity contribution < 1.29 is 26.7 Å². The van der Waals surface area contributed by atoms with Gasteiger partial charge in [-0.25, -0.2) is 8.42 Å². The maximum atomic E-state index is 12.4. The zero-order chi connectivity index (χ0) is 16.1. The molecule has 0 spiro atoms. The molecule has 0 aliphatic carbocycles. The van der Waals surface area contributed by atoms with Gasteiger partial charge in [0.25, 0.3) is 9.84 Å². The van der Waals surface area contributed by atoms with Gasteiger partial charge in [0.05, 0.1) is 11.0 Å². The second-order valence-electron chi connectivity index (χ2n) is 4.36. The van der Waals surface area contributed by atoms with Crippen LogP contribution in [0.3, 0.4) is 0 Å². The van der Waals surface area contributed by atoms with E-state index in [1.54, 1.807) is 0 Å². The number of hydrogen-bond donors (Lipinski definition) is 3. The van der Waals surface area contributed by atoms with Gasteiger partial charge in [0.15, 0.2) is 0 Å². The van der Waals surface area contributed by atoms with Gasteiger partial charge in [0.2, 0.25) is 0 Å². The third-order valence-electron chi connectivity index (χ3n) is 2.80. The Morgan fingerprint density at radius 2 is 1.76 bits per heavy atom. The molecule has 0 radical (unpaired) electrons. The fraction of sp³-hybridized carbons (Fsp3) is 0.500. The van der Waals surface area contributed by atoms with Crippen LogP contribution in [0.25, 0.3) is 0 Å². The molecule has 0 heterocycles. The van der Waals surface area contributed by atoms with Crippen LogP contribution in [0.4, 0.5) is 13.2 Å². The zero-order valence-corrected chi connectivity index (χ0v) is 11.9. The molecule has 120 valence electrons. The normalized spacial score (nSPS) is 14.1. The van der Waals surface area contributed by atoms with Crippen LogP contribution in [0, 0.1) is 0 Å². The summed E-state index contributed by atoms with van der Waals surface area (Å²) in [7, 11) is -5.35. The van der Waals surface area contributed by atoms with Crippen molar-refractivity contribution in [3.05, 3.63) is 29.8 Å². The number of nitrogens with one attached hydrogen (secondary N) is 1. The number of aliphatic hydroxyl groups excluding tert-OH is 1. The number of alkyl halides is 3. The molecule has 0 bridgehead atoms. The summed E-state index contributed by atoms with van der Waals surface area (Å²) < 4.78 is 59.4. The van der Waals surface area contributed by atoms with Crippen LogP contribution in [0.1, 0.15) is 18.1 Å². The number of halogens is 3. The molecule has 21 heavy (non-hydrogen) atoms. The second kappa shape index (κ2) is 7.21. The lowest BCUT2D eigenvalue weighted by molar-refractivity contribution is -0.0436. The molecule has 0 saturated carbocycles. The Labute approximate surface area is 120 Å². The Balaban J connectivity index is 2.74.